The lowest BCUT2D eigenvalue weighted by molar-refractivity contribution is 1.15. The van der Waals surface area contributed by atoms with Gasteiger partial charge in [-0.3, -0.25) is 0 Å². The SMILES string of the molecule is [C-]#[N+]c1cccc2c1c1ccccc1n2-c1cccc(-c2cccc(-n3c4ccccc4c4ccc(-n5c6ccccc6c6ccccc65)cc43)c2)c1C#N. The summed E-state index contributed by atoms with van der Waals surface area (Å²) in [6, 6.07) is 63.7. The molecule has 5 heteroatoms. The summed E-state index contributed by atoms with van der Waals surface area (Å²) in [5.41, 5.74) is 12.3. The Hall–Kier alpha value is -7.86. The van der Waals surface area contributed by atoms with E-state index in [1.165, 1.54) is 32.6 Å². The second-order valence-electron chi connectivity index (χ2n) is 13.9. The Labute approximate surface area is 316 Å². The predicted octanol–water partition coefficient (Wildman–Crippen LogP) is 13.1. The molecule has 0 radical (unpaired) electrons. The van der Waals surface area contributed by atoms with Gasteiger partial charge < -0.3 is 13.7 Å². The van der Waals surface area contributed by atoms with Crippen LogP contribution in [0.1, 0.15) is 5.56 Å². The second-order valence-corrected chi connectivity index (χ2v) is 13.9. The molecule has 5 nitrogen and oxygen atoms in total. The van der Waals surface area contributed by atoms with Crippen molar-refractivity contribution in [3.63, 3.8) is 0 Å². The Morgan fingerprint density at radius 2 is 0.964 bits per heavy atom. The Morgan fingerprint density at radius 1 is 0.436 bits per heavy atom. The summed E-state index contributed by atoms with van der Waals surface area (Å²) in [6.45, 7) is 7.89. The van der Waals surface area contributed by atoms with Crippen molar-refractivity contribution in [3.8, 4) is 34.3 Å². The Balaban J connectivity index is 1.13. The van der Waals surface area contributed by atoms with Crippen LogP contribution in [-0.4, -0.2) is 13.7 Å². The molecule has 8 aromatic carbocycles. The van der Waals surface area contributed by atoms with Crippen molar-refractivity contribution in [2.75, 3.05) is 0 Å². The van der Waals surface area contributed by atoms with Gasteiger partial charge in [-0.1, -0.05) is 115 Å². The fraction of sp³-hybridized carbons (Fsp3) is 0. The lowest BCUT2D eigenvalue weighted by atomic mass is 9.98. The smallest absolute Gasteiger partial charge is 0.197 e. The fourth-order valence-corrected chi connectivity index (χ4v) is 8.83. The van der Waals surface area contributed by atoms with Crippen molar-refractivity contribution in [3.05, 3.63) is 193 Å². The molecule has 0 fully saturated rings. The second kappa shape index (κ2) is 11.8. The first-order valence-corrected chi connectivity index (χ1v) is 18.3. The third kappa shape index (κ3) is 4.39. The van der Waals surface area contributed by atoms with Crippen LogP contribution in [0, 0.1) is 17.9 Å². The number of para-hydroxylation sites is 4. The molecule has 0 aliphatic heterocycles. The molecular formula is C50H29N5. The van der Waals surface area contributed by atoms with Crippen LogP contribution in [0.3, 0.4) is 0 Å². The van der Waals surface area contributed by atoms with Crippen LogP contribution in [0.15, 0.2) is 176 Å². The van der Waals surface area contributed by atoms with Crippen molar-refractivity contribution < 1.29 is 0 Å². The van der Waals surface area contributed by atoms with Gasteiger partial charge >= 0.3 is 0 Å². The number of benzene rings is 8. The maximum Gasteiger partial charge on any atom is 0.197 e. The van der Waals surface area contributed by atoms with Crippen LogP contribution in [0.2, 0.25) is 0 Å². The van der Waals surface area contributed by atoms with Crippen molar-refractivity contribution in [1.82, 2.24) is 13.7 Å². The van der Waals surface area contributed by atoms with Gasteiger partial charge in [0.1, 0.15) is 6.07 Å². The molecule has 11 rings (SSSR count). The number of hydrogen-bond acceptors (Lipinski definition) is 1. The third-order valence-corrected chi connectivity index (χ3v) is 11.1. The van der Waals surface area contributed by atoms with E-state index in [0.29, 0.717) is 11.3 Å². The van der Waals surface area contributed by atoms with Crippen LogP contribution < -0.4 is 0 Å². The average molecular weight is 700 g/mol. The lowest BCUT2D eigenvalue weighted by Gasteiger charge is -2.15. The molecule has 0 unspecified atom stereocenters. The Morgan fingerprint density at radius 3 is 1.62 bits per heavy atom. The Bertz CT molecular complexity index is 3420. The molecule has 0 aliphatic carbocycles. The summed E-state index contributed by atoms with van der Waals surface area (Å²) in [7, 11) is 0. The summed E-state index contributed by atoms with van der Waals surface area (Å²) in [6.07, 6.45) is 0. The molecule has 55 heavy (non-hydrogen) atoms. The Kier molecular flexibility index (Phi) is 6.61. The zero-order valence-corrected chi connectivity index (χ0v) is 29.5. The minimum atomic E-state index is 0.575. The van der Waals surface area contributed by atoms with Crippen molar-refractivity contribution in [1.29, 1.82) is 5.26 Å². The summed E-state index contributed by atoms with van der Waals surface area (Å²) < 4.78 is 6.84. The van der Waals surface area contributed by atoms with E-state index in [2.05, 4.69) is 152 Å². The zero-order valence-electron chi connectivity index (χ0n) is 29.5. The van der Waals surface area contributed by atoms with Crippen LogP contribution in [0.5, 0.6) is 0 Å². The highest BCUT2D eigenvalue weighted by Gasteiger charge is 2.20. The first-order valence-electron chi connectivity index (χ1n) is 18.3. The number of hydrogen-bond donors (Lipinski definition) is 0. The topological polar surface area (TPSA) is 42.9 Å². The van der Waals surface area contributed by atoms with E-state index in [9.17, 15) is 5.26 Å². The lowest BCUT2D eigenvalue weighted by Crippen LogP contribution is -2.00. The maximum atomic E-state index is 10.9. The summed E-state index contributed by atoms with van der Waals surface area (Å²) >= 11 is 0. The molecule has 11 aromatic rings. The molecule has 0 N–H and O–H groups in total. The van der Waals surface area contributed by atoms with Gasteiger partial charge in [0.15, 0.2) is 5.69 Å². The number of nitriles is 1. The first kappa shape index (κ1) is 30.7. The van der Waals surface area contributed by atoms with Crippen LogP contribution in [-0.2, 0) is 0 Å². The minimum absolute atomic E-state index is 0.575. The molecule has 0 saturated carbocycles. The predicted molar refractivity (Wildman–Crippen MR) is 226 cm³/mol. The average Bonchev–Trinajstić information content (AvgIpc) is 3.89. The van der Waals surface area contributed by atoms with Gasteiger partial charge in [-0.2, -0.15) is 5.26 Å². The molecule has 0 bridgehead atoms. The van der Waals surface area contributed by atoms with E-state index >= 15 is 0 Å². The van der Waals surface area contributed by atoms with Crippen molar-refractivity contribution in [2.24, 2.45) is 0 Å². The summed E-state index contributed by atoms with van der Waals surface area (Å²) in [5.74, 6) is 0. The fourth-order valence-electron chi connectivity index (χ4n) is 8.83. The molecule has 0 atom stereocenters. The highest BCUT2D eigenvalue weighted by Crippen LogP contribution is 2.41. The number of fused-ring (bicyclic) bond motifs is 9. The number of nitrogens with zero attached hydrogens (tertiary/aromatic N) is 5. The molecule has 0 spiro atoms. The normalized spacial score (nSPS) is 11.6. The number of rotatable bonds is 4. The van der Waals surface area contributed by atoms with E-state index in [-0.39, 0.29) is 0 Å². The molecule has 3 heterocycles. The van der Waals surface area contributed by atoms with Crippen molar-refractivity contribution in [2.45, 2.75) is 0 Å². The maximum absolute atomic E-state index is 10.9. The standard InChI is InChI=1S/C50H29N5/c1-52-42-20-12-26-48-50(42)40-18-5-9-24-46(40)55(48)47-25-11-19-35(41(47)31-51)32-13-10-14-33(29-32)54-45-23-8-4-17-38(45)39-28-27-34(30-49(39)54)53-43-21-6-2-15-36(43)37-16-3-7-22-44(37)53/h2-30H. The molecular weight excluding hydrogens is 671 g/mol. The van der Waals surface area contributed by atoms with Gasteiger partial charge in [-0.15, -0.1) is 0 Å². The van der Waals surface area contributed by atoms with Gasteiger partial charge in [0.25, 0.3) is 0 Å². The molecule has 0 saturated heterocycles. The van der Waals surface area contributed by atoms with E-state index in [4.69, 9.17) is 6.57 Å². The van der Waals surface area contributed by atoms with Gasteiger partial charge in [0.05, 0.1) is 45.4 Å². The summed E-state index contributed by atoms with van der Waals surface area (Å²) in [4.78, 5) is 3.86. The molecule has 3 aromatic heterocycles. The molecule has 254 valence electrons. The van der Waals surface area contributed by atoms with Crippen LogP contribution >= 0.6 is 0 Å². The monoisotopic (exact) mass is 699 g/mol. The van der Waals surface area contributed by atoms with E-state index < -0.39 is 0 Å². The first-order chi connectivity index (χ1) is 27.2. The van der Waals surface area contributed by atoms with Crippen LogP contribution in [0.25, 0.3) is 98.5 Å². The third-order valence-electron chi connectivity index (χ3n) is 11.1. The van der Waals surface area contributed by atoms with Gasteiger partial charge in [0, 0.05) is 49.4 Å². The highest BCUT2D eigenvalue weighted by atomic mass is 15.0. The van der Waals surface area contributed by atoms with E-state index in [0.717, 1.165) is 61.0 Å². The molecule has 0 aliphatic rings. The van der Waals surface area contributed by atoms with Crippen molar-refractivity contribution >= 4 is 71.1 Å². The van der Waals surface area contributed by atoms with Crippen LogP contribution in [0.4, 0.5) is 5.69 Å². The quantitative estimate of drug-likeness (QED) is 0.169. The van der Waals surface area contributed by atoms with Gasteiger partial charge in [0.2, 0.25) is 0 Å². The van der Waals surface area contributed by atoms with Gasteiger partial charge in [-0.25, -0.2) is 4.85 Å². The van der Waals surface area contributed by atoms with Gasteiger partial charge in [-0.05, 0) is 71.6 Å². The summed E-state index contributed by atoms with van der Waals surface area (Å²) in [5, 5.41) is 17.6. The van der Waals surface area contributed by atoms with E-state index in [1.807, 2.05) is 48.5 Å². The number of aromatic nitrogens is 3. The van der Waals surface area contributed by atoms with E-state index in [1.54, 1.807) is 0 Å². The largest absolute Gasteiger partial charge is 0.309 e. The zero-order chi connectivity index (χ0) is 36.6. The molecule has 0 amide bonds. The highest BCUT2D eigenvalue weighted by molar-refractivity contribution is 6.16. The minimum Gasteiger partial charge on any atom is -0.309 e.